The Kier molecular flexibility index (Phi) is 7.68. The first-order chi connectivity index (χ1) is 15.0. The van der Waals surface area contributed by atoms with E-state index in [0.717, 1.165) is 39.3 Å². The fraction of sp³-hybridized carbons (Fsp3) is 0.450. The standard InChI is InChI=1S/C20H26N6O5/c1-24(16-7-4-3-6-15(16)20(27)30-2)19-17(26(28)29)18(22-14-23-19)21-8-5-9-25-10-12-31-13-11-25/h3-4,6-7,14H,5,8-13H2,1-2H3,(H,21,22,23). The molecule has 0 amide bonds. The van der Waals surface area contributed by atoms with Gasteiger partial charge in [0.25, 0.3) is 0 Å². The lowest BCUT2D eigenvalue weighted by Gasteiger charge is -2.26. The Labute approximate surface area is 180 Å². The number of hydrogen-bond donors (Lipinski definition) is 1. The Bertz CT molecular complexity index is 919. The summed E-state index contributed by atoms with van der Waals surface area (Å²) < 4.78 is 10.2. The zero-order valence-corrected chi connectivity index (χ0v) is 17.6. The van der Waals surface area contributed by atoms with Crippen molar-refractivity contribution in [2.24, 2.45) is 0 Å². The van der Waals surface area contributed by atoms with Gasteiger partial charge in [-0.2, -0.15) is 0 Å². The summed E-state index contributed by atoms with van der Waals surface area (Å²) in [5.41, 5.74) is 0.464. The molecule has 1 aliphatic heterocycles. The highest BCUT2D eigenvalue weighted by atomic mass is 16.6. The van der Waals surface area contributed by atoms with Crippen molar-refractivity contribution in [1.82, 2.24) is 14.9 Å². The van der Waals surface area contributed by atoms with Gasteiger partial charge in [-0.25, -0.2) is 14.8 Å². The fourth-order valence-corrected chi connectivity index (χ4v) is 3.41. The maximum absolute atomic E-state index is 12.1. The highest BCUT2D eigenvalue weighted by Gasteiger charge is 2.28. The zero-order valence-electron chi connectivity index (χ0n) is 17.6. The van der Waals surface area contributed by atoms with E-state index in [1.54, 1.807) is 31.3 Å². The van der Waals surface area contributed by atoms with Gasteiger partial charge in [0, 0.05) is 26.7 Å². The number of aromatic nitrogens is 2. The van der Waals surface area contributed by atoms with Crippen LogP contribution >= 0.6 is 0 Å². The number of nitrogens with one attached hydrogen (secondary N) is 1. The van der Waals surface area contributed by atoms with Crippen LogP contribution in [0.1, 0.15) is 16.8 Å². The molecule has 1 aromatic heterocycles. The quantitative estimate of drug-likeness (QED) is 0.274. The van der Waals surface area contributed by atoms with Crippen LogP contribution in [0.4, 0.5) is 23.0 Å². The molecule has 11 heteroatoms. The lowest BCUT2D eigenvalue weighted by Crippen LogP contribution is -2.37. The van der Waals surface area contributed by atoms with Crippen LogP contribution in [0.3, 0.4) is 0 Å². The van der Waals surface area contributed by atoms with E-state index in [4.69, 9.17) is 9.47 Å². The predicted octanol–water partition coefficient (Wildman–Crippen LogP) is 2.07. The monoisotopic (exact) mass is 430 g/mol. The van der Waals surface area contributed by atoms with Gasteiger partial charge in [-0.3, -0.25) is 15.0 Å². The van der Waals surface area contributed by atoms with Gasteiger partial charge in [0.2, 0.25) is 11.6 Å². The van der Waals surface area contributed by atoms with E-state index < -0.39 is 10.9 Å². The maximum Gasteiger partial charge on any atom is 0.353 e. The predicted molar refractivity (Wildman–Crippen MR) is 115 cm³/mol. The van der Waals surface area contributed by atoms with Crippen LogP contribution in [-0.2, 0) is 9.47 Å². The van der Waals surface area contributed by atoms with Gasteiger partial charge in [-0.1, -0.05) is 12.1 Å². The van der Waals surface area contributed by atoms with Crippen molar-refractivity contribution in [1.29, 1.82) is 0 Å². The Hall–Kier alpha value is -3.31. The van der Waals surface area contributed by atoms with E-state index in [9.17, 15) is 14.9 Å². The van der Waals surface area contributed by atoms with Gasteiger partial charge in [-0.15, -0.1) is 0 Å². The van der Waals surface area contributed by atoms with E-state index in [2.05, 4.69) is 20.2 Å². The lowest BCUT2D eigenvalue weighted by molar-refractivity contribution is -0.383. The number of rotatable bonds is 9. The highest BCUT2D eigenvalue weighted by Crippen LogP contribution is 2.36. The molecule has 1 fully saturated rings. The number of hydrogen-bond acceptors (Lipinski definition) is 10. The molecule has 1 N–H and O–H groups in total. The van der Waals surface area contributed by atoms with E-state index in [1.165, 1.54) is 18.3 Å². The molecule has 2 aromatic rings. The highest BCUT2D eigenvalue weighted by molar-refractivity contribution is 5.97. The third-order valence-corrected chi connectivity index (χ3v) is 5.02. The largest absolute Gasteiger partial charge is 0.465 e. The minimum atomic E-state index is -0.541. The van der Waals surface area contributed by atoms with Crippen molar-refractivity contribution in [3.8, 4) is 0 Å². The summed E-state index contributed by atoms with van der Waals surface area (Å²) in [5, 5.41) is 14.9. The fourth-order valence-electron chi connectivity index (χ4n) is 3.41. The molecule has 11 nitrogen and oxygen atoms in total. The normalized spacial score (nSPS) is 14.1. The lowest BCUT2D eigenvalue weighted by atomic mass is 10.1. The second kappa shape index (κ2) is 10.6. The zero-order chi connectivity index (χ0) is 22.2. The molecule has 166 valence electrons. The summed E-state index contributed by atoms with van der Waals surface area (Å²) in [7, 11) is 2.89. The molecule has 0 saturated carbocycles. The molecule has 0 aliphatic carbocycles. The molecule has 0 unspecified atom stereocenters. The number of esters is 1. The minimum absolute atomic E-state index is 0.0760. The van der Waals surface area contributed by atoms with Gasteiger partial charge in [0.1, 0.15) is 6.33 Å². The molecule has 0 atom stereocenters. The number of carbonyl (C=O) groups excluding carboxylic acids is 1. The Morgan fingerprint density at radius 2 is 2.06 bits per heavy atom. The molecule has 3 rings (SSSR count). The van der Waals surface area contributed by atoms with Gasteiger partial charge >= 0.3 is 11.7 Å². The molecular weight excluding hydrogens is 404 g/mol. The Morgan fingerprint density at radius 3 is 2.77 bits per heavy atom. The molecule has 31 heavy (non-hydrogen) atoms. The van der Waals surface area contributed by atoms with Gasteiger partial charge < -0.3 is 19.7 Å². The van der Waals surface area contributed by atoms with Crippen LogP contribution < -0.4 is 10.2 Å². The third kappa shape index (κ3) is 5.44. The van der Waals surface area contributed by atoms with Crippen LogP contribution in [0.5, 0.6) is 0 Å². The van der Waals surface area contributed by atoms with E-state index in [0.29, 0.717) is 12.2 Å². The van der Waals surface area contributed by atoms with Crippen molar-refractivity contribution in [3.63, 3.8) is 0 Å². The van der Waals surface area contributed by atoms with Crippen LogP contribution in [0.25, 0.3) is 0 Å². The first kappa shape index (κ1) is 22.4. The van der Waals surface area contributed by atoms with Crippen LogP contribution in [0.2, 0.25) is 0 Å². The summed E-state index contributed by atoms with van der Waals surface area (Å²) in [6, 6.07) is 6.69. The number of ether oxygens (including phenoxy) is 2. The Morgan fingerprint density at radius 1 is 1.32 bits per heavy atom. The smallest absolute Gasteiger partial charge is 0.353 e. The van der Waals surface area contributed by atoms with Crippen LogP contribution in [-0.4, -0.2) is 79.3 Å². The summed E-state index contributed by atoms with van der Waals surface area (Å²) in [6.07, 6.45) is 2.07. The molecular formula is C20H26N6O5. The van der Waals surface area contributed by atoms with Crippen molar-refractivity contribution < 1.29 is 19.2 Å². The number of carbonyl (C=O) groups is 1. The van der Waals surface area contributed by atoms with Crippen molar-refractivity contribution in [2.45, 2.75) is 6.42 Å². The second-order valence-electron chi connectivity index (χ2n) is 6.95. The number of morpholine rings is 1. The molecule has 2 heterocycles. The summed E-state index contributed by atoms with van der Waals surface area (Å²) in [5.74, 6) is -0.327. The summed E-state index contributed by atoms with van der Waals surface area (Å²) in [6.45, 7) is 4.64. The van der Waals surface area contributed by atoms with Crippen LogP contribution in [0, 0.1) is 10.1 Å². The number of anilines is 3. The molecule has 0 bridgehead atoms. The third-order valence-electron chi connectivity index (χ3n) is 5.02. The topological polar surface area (TPSA) is 123 Å². The second-order valence-corrected chi connectivity index (χ2v) is 6.95. The van der Waals surface area contributed by atoms with Gasteiger partial charge in [0.05, 0.1) is 36.5 Å². The molecule has 0 radical (unpaired) electrons. The number of nitrogens with zero attached hydrogens (tertiary/aromatic N) is 5. The van der Waals surface area contributed by atoms with E-state index in [-0.39, 0.29) is 22.9 Å². The van der Waals surface area contributed by atoms with E-state index >= 15 is 0 Å². The SMILES string of the molecule is COC(=O)c1ccccc1N(C)c1ncnc(NCCCN2CCOCC2)c1[N+](=O)[O-]. The number of nitro groups is 1. The van der Waals surface area contributed by atoms with Crippen molar-refractivity contribution in [3.05, 3.63) is 46.3 Å². The maximum atomic E-state index is 12.1. The number of benzene rings is 1. The van der Waals surface area contributed by atoms with E-state index in [1.807, 2.05) is 0 Å². The molecule has 1 aromatic carbocycles. The average Bonchev–Trinajstić information content (AvgIpc) is 2.81. The number of para-hydroxylation sites is 1. The van der Waals surface area contributed by atoms with Crippen molar-refractivity contribution in [2.75, 3.05) is 63.8 Å². The molecule has 0 spiro atoms. The van der Waals surface area contributed by atoms with Crippen LogP contribution in [0.15, 0.2) is 30.6 Å². The first-order valence-corrected chi connectivity index (χ1v) is 9.97. The van der Waals surface area contributed by atoms with Gasteiger partial charge in [-0.05, 0) is 25.1 Å². The number of methoxy groups -OCH3 is 1. The Balaban J connectivity index is 1.78. The first-order valence-electron chi connectivity index (χ1n) is 9.97. The van der Waals surface area contributed by atoms with Crippen molar-refractivity contribution >= 4 is 29.0 Å². The summed E-state index contributed by atoms with van der Waals surface area (Å²) >= 11 is 0. The summed E-state index contributed by atoms with van der Waals surface area (Å²) in [4.78, 5) is 35.5. The molecule has 1 saturated heterocycles. The average molecular weight is 430 g/mol. The van der Waals surface area contributed by atoms with Gasteiger partial charge in [0.15, 0.2) is 0 Å². The minimum Gasteiger partial charge on any atom is -0.465 e. The molecule has 1 aliphatic rings.